The van der Waals surface area contributed by atoms with Gasteiger partial charge in [-0.25, -0.2) is 0 Å². The van der Waals surface area contributed by atoms with Gasteiger partial charge in [0.1, 0.15) is 0 Å². The minimum absolute atomic E-state index is 0.00847. The summed E-state index contributed by atoms with van der Waals surface area (Å²) >= 11 is 0. The summed E-state index contributed by atoms with van der Waals surface area (Å²) in [4.78, 5) is 49.6. The Morgan fingerprint density at radius 3 is 1.37 bits per heavy atom. The zero-order valence-corrected chi connectivity index (χ0v) is 23.4. The van der Waals surface area contributed by atoms with Gasteiger partial charge in [0.25, 0.3) is 11.8 Å². The van der Waals surface area contributed by atoms with Crippen molar-refractivity contribution in [2.45, 2.75) is 87.1 Å². The predicted octanol–water partition coefficient (Wildman–Crippen LogP) is 6.01. The molecule has 38 heavy (non-hydrogen) atoms. The summed E-state index contributed by atoms with van der Waals surface area (Å²) in [5.41, 5.74) is 0.972. The van der Waals surface area contributed by atoms with Crippen molar-refractivity contribution in [3.05, 3.63) is 59.7 Å². The van der Waals surface area contributed by atoms with Crippen molar-refractivity contribution in [3.63, 3.8) is 0 Å². The molecule has 0 saturated carbocycles. The van der Waals surface area contributed by atoms with Gasteiger partial charge in [-0.3, -0.25) is 19.2 Å². The van der Waals surface area contributed by atoms with Crippen LogP contribution in [0.5, 0.6) is 0 Å². The summed E-state index contributed by atoms with van der Waals surface area (Å²) in [5, 5.41) is 24.0. The van der Waals surface area contributed by atoms with Crippen molar-refractivity contribution >= 4 is 45.3 Å². The van der Waals surface area contributed by atoms with Gasteiger partial charge in [-0.2, -0.15) is 0 Å². The van der Waals surface area contributed by atoms with Gasteiger partial charge in [0.15, 0.2) is 0 Å². The quantitative estimate of drug-likeness (QED) is 0.173. The highest BCUT2D eigenvalue weighted by Gasteiger charge is 2.20. The zero-order valence-electron chi connectivity index (χ0n) is 21.8. The molecule has 2 atom stereocenters. The third kappa shape index (κ3) is 10.8. The summed E-state index contributed by atoms with van der Waals surface area (Å²) in [6.07, 6.45) is 3.75. The number of hydrogen-bond acceptors (Lipinski definition) is 6. The topological polar surface area (TPSA) is 133 Å². The summed E-state index contributed by atoms with van der Waals surface area (Å²) in [6.45, 7) is 3.98. The molecule has 0 aliphatic heterocycles. The first-order valence-electron chi connectivity index (χ1n) is 12.8. The van der Waals surface area contributed by atoms with Crippen LogP contribution in [0, 0.1) is 0 Å². The highest BCUT2D eigenvalue weighted by molar-refractivity contribution is 8.76. The maximum absolute atomic E-state index is 13.1. The Labute approximate surface area is 231 Å². The van der Waals surface area contributed by atoms with Crippen molar-refractivity contribution < 1.29 is 29.4 Å². The van der Waals surface area contributed by atoms with Gasteiger partial charge >= 0.3 is 11.9 Å². The van der Waals surface area contributed by atoms with Crippen molar-refractivity contribution in [1.82, 2.24) is 10.6 Å². The van der Waals surface area contributed by atoms with Crippen LogP contribution < -0.4 is 10.6 Å². The molecule has 0 unspecified atom stereocenters. The van der Waals surface area contributed by atoms with Crippen molar-refractivity contribution in [2.24, 2.45) is 0 Å². The molecule has 2 amide bonds. The molecule has 0 aliphatic carbocycles. The number of carboxylic acid groups (broad SMARTS) is 2. The third-order valence-electron chi connectivity index (χ3n) is 5.84. The lowest BCUT2D eigenvalue weighted by atomic mass is 10.1. The van der Waals surface area contributed by atoms with Crippen LogP contribution in [0.3, 0.4) is 0 Å². The van der Waals surface area contributed by atoms with E-state index in [9.17, 15) is 19.2 Å². The van der Waals surface area contributed by atoms with Gasteiger partial charge in [0.2, 0.25) is 0 Å². The number of aliphatic carboxylic acids is 2. The monoisotopic (exact) mass is 560 g/mol. The SMILES string of the molecule is CCC[C@@H](CCC(=O)O)NC(=O)c1ccccc1SSc1ccccc1C(=O)N[C@@H](CCC)CCC(=O)O. The minimum Gasteiger partial charge on any atom is -0.481 e. The molecule has 0 aliphatic rings. The van der Waals surface area contributed by atoms with Crippen LogP contribution >= 0.6 is 21.6 Å². The molecule has 0 fully saturated rings. The maximum Gasteiger partial charge on any atom is 0.303 e. The average Bonchev–Trinajstić information content (AvgIpc) is 2.89. The second kappa shape index (κ2) is 16.8. The molecule has 8 nitrogen and oxygen atoms in total. The molecule has 0 spiro atoms. The molecule has 206 valence electrons. The highest BCUT2D eigenvalue weighted by Crippen LogP contribution is 2.40. The van der Waals surface area contributed by atoms with Crippen LogP contribution in [0.15, 0.2) is 58.3 Å². The van der Waals surface area contributed by atoms with E-state index in [0.29, 0.717) is 36.8 Å². The smallest absolute Gasteiger partial charge is 0.303 e. The van der Waals surface area contributed by atoms with Crippen molar-refractivity contribution in [3.8, 4) is 0 Å². The molecule has 2 aromatic carbocycles. The van der Waals surface area contributed by atoms with Gasteiger partial charge in [0, 0.05) is 34.7 Å². The van der Waals surface area contributed by atoms with Crippen LogP contribution in [0.1, 0.15) is 85.9 Å². The van der Waals surface area contributed by atoms with Gasteiger partial charge in [-0.15, -0.1) is 0 Å². The summed E-state index contributed by atoms with van der Waals surface area (Å²) < 4.78 is 0. The molecule has 0 saturated heterocycles. The van der Waals surface area contributed by atoms with Gasteiger partial charge in [-0.1, -0.05) is 72.5 Å². The van der Waals surface area contributed by atoms with E-state index in [1.54, 1.807) is 24.3 Å². The first-order chi connectivity index (χ1) is 18.2. The maximum atomic E-state index is 13.1. The lowest BCUT2D eigenvalue weighted by Gasteiger charge is -2.19. The zero-order chi connectivity index (χ0) is 27.9. The third-order valence-corrected chi connectivity index (χ3v) is 8.32. The molecule has 0 aromatic heterocycles. The summed E-state index contributed by atoms with van der Waals surface area (Å²) in [7, 11) is 2.73. The van der Waals surface area contributed by atoms with Crippen molar-refractivity contribution in [2.75, 3.05) is 0 Å². The Hall–Kier alpha value is -2.98. The molecule has 2 rings (SSSR count). The molecular weight excluding hydrogens is 524 g/mol. The Bertz CT molecular complexity index is 1010. The molecule has 0 heterocycles. The Morgan fingerprint density at radius 2 is 1.03 bits per heavy atom. The Kier molecular flexibility index (Phi) is 13.8. The fourth-order valence-electron chi connectivity index (χ4n) is 3.94. The largest absolute Gasteiger partial charge is 0.481 e. The number of hydrogen-bond donors (Lipinski definition) is 4. The fourth-order valence-corrected chi connectivity index (χ4v) is 6.30. The number of carbonyl (C=O) groups is 4. The number of benzene rings is 2. The van der Waals surface area contributed by atoms with E-state index in [4.69, 9.17) is 10.2 Å². The summed E-state index contributed by atoms with van der Waals surface area (Å²) in [5.74, 6) is -2.30. The van der Waals surface area contributed by atoms with Crippen LogP contribution in [-0.4, -0.2) is 46.0 Å². The molecule has 2 aromatic rings. The van der Waals surface area contributed by atoms with Crippen LogP contribution in [-0.2, 0) is 9.59 Å². The Morgan fingerprint density at radius 1 is 0.658 bits per heavy atom. The lowest BCUT2D eigenvalue weighted by Crippen LogP contribution is -2.35. The predicted molar refractivity (Wildman–Crippen MR) is 151 cm³/mol. The van der Waals surface area contributed by atoms with Gasteiger partial charge < -0.3 is 20.8 Å². The number of carboxylic acids is 2. The van der Waals surface area contributed by atoms with E-state index >= 15 is 0 Å². The van der Waals surface area contributed by atoms with E-state index in [-0.39, 0.29) is 36.7 Å². The van der Waals surface area contributed by atoms with E-state index in [1.807, 2.05) is 38.1 Å². The Balaban J connectivity index is 2.13. The second-order valence-corrected chi connectivity index (χ2v) is 11.2. The van der Waals surface area contributed by atoms with E-state index in [2.05, 4.69) is 10.6 Å². The van der Waals surface area contributed by atoms with Gasteiger partial charge in [0.05, 0.1) is 11.1 Å². The molecular formula is C28H36N2O6S2. The number of rotatable bonds is 17. The number of amides is 2. The standard InChI is InChI=1S/C28H36N2O6S2/c1-3-9-19(15-17-25(31)32)29-27(35)21-11-5-7-13-23(21)37-38-24-14-8-6-12-22(24)28(36)30-20(10-4-2)16-18-26(33)34/h5-8,11-14,19-20H,3-4,9-10,15-18H2,1-2H3,(H,29,35)(H,30,36)(H,31,32)(H,33,34)/t19-,20-/m0/s1. The average molecular weight is 561 g/mol. The molecule has 0 bridgehead atoms. The normalized spacial score (nSPS) is 12.4. The van der Waals surface area contributed by atoms with Crippen LogP contribution in [0.2, 0.25) is 0 Å². The van der Waals surface area contributed by atoms with Crippen LogP contribution in [0.25, 0.3) is 0 Å². The molecule has 0 radical (unpaired) electrons. The number of nitrogens with one attached hydrogen (secondary N) is 2. The molecule has 4 N–H and O–H groups in total. The fraction of sp³-hybridized carbons (Fsp3) is 0.429. The van der Waals surface area contributed by atoms with E-state index in [1.165, 1.54) is 21.6 Å². The van der Waals surface area contributed by atoms with E-state index in [0.717, 1.165) is 22.6 Å². The highest BCUT2D eigenvalue weighted by atomic mass is 33.1. The summed E-state index contributed by atoms with van der Waals surface area (Å²) in [6, 6.07) is 13.9. The minimum atomic E-state index is -0.890. The number of carbonyl (C=O) groups excluding carboxylic acids is 2. The second-order valence-electron chi connectivity index (χ2n) is 8.94. The van der Waals surface area contributed by atoms with Crippen LogP contribution in [0.4, 0.5) is 0 Å². The van der Waals surface area contributed by atoms with Gasteiger partial charge in [-0.05, 0) is 49.9 Å². The lowest BCUT2D eigenvalue weighted by molar-refractivity contribution is -0.138. The first kappa shape index (κ1) is 31.2. The van der Waals surface area contributed by atoms with E-state index < -0.39 is 11.9 Å². The van der Waals surface area contributed by atoms with Crippen molar-refractivity contribution in [1.29, 1.82) is 0 Å². The molecule has 10 heteroatoms. The first-order valence-corrected chi connectivity index (χ1v) is 15.0.